The van der Waals surface area contributed by atoms with Crippen LogP contribution < -0.4 is 5.73 Å². The SMILES string of the molecule is NCCN1C(=O)S/C(=C/c2ccc(Cl)c([N+](=O)[O-])c2)C1=O. The maximum Gasteiger partial charge on any atom is 0.293 e. The Morgan fingerprint density at radius 1 is 1.43 bits per heavy atom. The van der Waals surface area contributed by atoms with Crippen molar-refractivity contribution >= 4 is 46.3 Å². The number of thioether (sulfide) groups is 1. The molecule has 1 aliphatic rings. The Hall–Kier alpha value is -1.90. The number of carbonyl (C=O) groups excluding carboxylic acids is 2. The molecule has 1 aromatic carbocycles. The Labute approximate surface area is 128 Å². The molecule has 2 N–H and O–H groups in total. The molecule has 2 amide bonds. The first kappa shape index (κ1) is 15.5. The van der Waals surface area contributed by atoms with Crippen LogP contribution in [0.3, 0.4) is 0 Å². The van der Waals surface area contributed by atoms with Crippen LogP contribution in [0.4, 0.5) is 10.5 Å². The molecule has 110 valence electrons. The van der Waals surface area contributed by atoms with E-state index in [0.29, 0.717) is 5.56 Å². The van der Waals surface area contributed by atoms with Crippen molar-refractivity contribution in [2.24, 2.45) is 5.73 Å². The van der Waals surface area contributed by atoms with E-state index in [1.54, 1.807) is 0 Å². The molecule has 0 atom stereocenters. The van der Waals surface area contributed by atoms with E-state index in [9.17, 15) is 19.7 Å². The smallest absolute Gasteiger partial charge is 0.293 e. The van der Waals surface area contributed by atoms with Crippen molar-refractivity contribution in [3.8, 4) is 0 Å². The summed E-state index contributed by atoms with van der Waals surface area (Å²) in [6.07, 6.45) is 1.42. The van der Waals surface area contributed by atoms with Crippen molar-refractivity contribution < 1.29 is 14.5 Å². The van der Waals surface area contributed by atoms with E-state index in [2.05, 4.69) is 0 Å². The fourth-order valence-electron chi connectivity index (χ4n) is 1.73. The Morgan fingerprint density at radius 3 is 2.76 bits per heavy atom. The first-order chi connectivity index (χ1) is 9.93. The number of nitro groups is 1. The summed E-state index contributed by atoms with van der Waals surface area (Å²) in [5.41, 5.74) is 5.50. The topological polar surface area (TPSA) is 107 Å². The van der Waals surface area contributed by atoms with Gasteiger partial charge in [0.15, 0.2) is 0 Å². The highest BCUT2D eigenvalue weighted by Crippen LogP contribution is 2.33. The molecule has 0 bridgehead atoms. The third-order valence-corrected chi connectivity index (χ3v) is 3.92. The zero-order chi connectivity index (χ0) is 15.6. The van der Waals surface area contributed by atoms with Gasteiger partial charge in [0.05, 0.1) is 9.83 Å². The van der Waals surface area contributed by atoms with Crippen LogP contribution in [0.15, 0.2) is 23.1 Å². The zero-order valence-corrected chi connectivity index (χ0v) is 12.2. The van der Waals surface area contributed by atoms with Gasteiger partial charge in [0, 0.05) is 19.2 Å². The molecular formula is C12H10ClN3O4S. The number of carbonyl (C=O) groups is 2. The summed E-state index contributed by atoms with van der Waals surface area (Å²) in [4.78, 5) is 35.1. The molecule has 1 fully saturated rings. The van der Waals surface area contributed by atoms with E-state index in [1.807, 2.05) is 0 Å². The van der Waals surface area contributed by atoms with Crippen molar-refractivity contribution in [3.63, 3.8) is 0 Å². The fourth-order valence-corrected chi connectivity index (χ4v) is 2.78. The van der Waals surface area contributed by atoms with Crippen LogP contribution in [-0.4, -0.2) is 34.1 Å². The average Bonchev–Trinajstić information content (AvgIpc) is 2.69. The Balaban J connectivity index is 2.33. The van der Waals surface area contributed by atoms with E-state index < -0.39 is 16.1 Å². The van der Waals surface area contributed by atoms with Gasteiger partial charge in [-0.1, -0.05) is 17.7 Å². The number of amides is 2. The van der Waals surface area contributed by atoms with Gasteiger partial charge in [0.25, 0.3) is 16.8 Å². The number of benzene rings is 1. The molecule has 9 heteroatoms. The first-order valence-electron chi connectivity index (χ1n) is 5.83. The highest BCUT2D eigenvalue weighted by atomic mass is 35.5. The number of nitro benzene ring substituents is 1. The molecule has 1 heterocycles. The minimum atomic E-state index is -0.611. The first-order valence-corrected chi connectivity index (χ1v) is 7.03. The minimum Gasteiger partial charge on any atom is -0.329 e. The second-order valence-electron chi connectivity index (χ2n) is 4.09. The Bertz CT molecular complexity index is 662. The van der Waals surface area contributed by atoms with Crippen LogP contribution in [0, 0.1) is 10.1 Å². The van der Waals surface area contributed by atoms with Gasteiger partial charge in [-0.05, 0) is 29.5 Å². The lowest BCUT2D eigenvalue weighted by Crippen LogP contribution is -2.33. The lowest BCUT2D eigenvalue weighted by atomic mass is 10.2. The molecule has 0 saturated carbocycles. The predicted octanol–water partition coefficient (Wildman–Crippen LogP) is 2.24. The van der Waals surface area contributed by atoms with Crippen LogP contribution in [-0.2, 0) is 4.79 Å². The average molecular weight is 328 g/mol. The Kier molecular flexibility index (Phi) is 4.61. The molecular weight excluding hydrogens is 318 g/mol. The normalized spacial score (nSPS) is 16.9. The number of hydrogen-bond donors (Lipinski definition) is 1. The molecule has 7 nitrogen and oxygen atoms in total. The van der Waals surface area contributed by atoms with E-state index in [4.69, 9.17) is 17.3 Å². The van der Waals surface area contributed by atoms with Crippen LogP contribution in [0.25, 0.3) is 6.08 Å². The summed E-state index contributed by atoms with van der Waals surface area (Å²) < 4.78 is 0. The molecule has 2 rings (SSSR count). The molecule has 21 heavy (non-hydrogen) atoms. The monoisotopic (exact) mass is 327 g/mol. The highest BCUT2D eigenvalue weighted by Gasteiger charge is 2.34. The molecule has 1 saturated heterocycles. The maximum absolute atomic E-state index is 12.0. The van der Waals surface area contributed by atoms with Crippen molar-refractivity contribution in [2.45, 2.75) is 0 Å². The number of nitrogens with zero attached hydrogens (tertiary/aromatic N) is 2. The maximum atomic E-state index is 12.0. The molecule has 1 aromatic rings. The molecule has 0 radical (unpaired) electrons. The second kappa shape index (κ2) is 6.25. The zero-order valence-electron chi connectivity index (χ0n) is 10.6. The summed E-state index contributed by atoms with van der Waals surface area (Å²) >= 11 is 6.49. The second-order valence-corrected chi connectivity index (χ2v) is 5.49. The number of halogens is 1. The van der Waals surface area contributed by atoms with E-state index in [-0.39, 0.29) is 28.7 Å². The molecule has 0 aliphatic carbocycles. The van der Waals surface area contributed by atoms with Crippen LogP contribution in [0.2, 0.25) is 5.02 Å². The van der Waals surface area contributed by atoms with Gasteiger partial charge in [-0.2, -0.15) is 0 Å². The van der Waals surface area contributed by atoms with Crippen LogP contribution >= 0.6 is 23.4 Å². The van der Waals surface area contributed by atoms with E-state index >= 15 is 0 Å². The minimum absolute atomic E-state index is 0.00776. The lowest BCUT2D eigenvalue weighted by Gasteiger charge is -2.09. The number of hydrogen-bond acceptors (Lipinski definition) is 6. The summed E-state index contributed by atoms with van der Waals surface area (Å²) in [5.74, 6) is -0.451. The summed E-state index contributed by atoms with van der Waals surface area (Å²) in [7, 11) is 0. The van der Waals surface area contributed by atoms with Crippen molar-refractivity contribution in [3.05, 3.63) is 43.8 Å². The quantitative estimate of drug-likeness (QED) is 0.516. The van der Waals surface area contributed by atoms with Crippen LogP contribution in [0.5, 0.6) is 0 Å². The van der Waals surface area contributed by atoms with Gasteiger partial charge in [-0.25, -0.2) is 0 Å². The van der Waals surface area contributed by atoms with Gasteiger partial charge in [-0.15, -0.1) is 0 Å². The van der Waals surface area contributed by atoms with Gasteiger partial charge in [-0.3, -0.25) is 24.6 Å². The van der Waals surface area contributed by atoms with E-state index in [0.717, 1.165) is 16.7 Å². The van der Waals surface area contributed by atoms with Gasteiger partial charge in [0.1, 0.15) is 5.02 Å². The van der Waals surface area contributed by atoms with Crippen molar-refractivity contribution in [1.29, 1.82) is 0 Å². The third-order valence-electron chi connectivity index (χ3n) is 2.69. The van der Waals surface area contributed by atoms with Gasteiger partial charge >= 0.3 is 0 Å². The molecule has 0 unspecified atom stereocenters. The summed E-state index contributed by atoms with van der Waals surface area (Å²) in [6.45, 7) is 0.320. The van der Waals surface area contributed by atoms with Crippen LogP contribution in [0.1, 0.15) is 5.56 Å². The molecule has 0 spiro atoms. The standard InChI is InChI=1S/C12H10ClN3O4S/c13-8-2-1-7(5-9(8)16(19)20)6-10-11(17)15(4-3-14)12(18)21-10/h1-2,5-6H,3-4,14H2/b10-6+. The summed E-state index contributed by atoms with van der Waals surface area (Å²) in [5, 5.41) is 10.4. The van der Waals surface area contributed by atoms with Gasteiger partial charge in [0.2, 0.25) is 0 Å². The van der Waals surface area contributed by atoms with E-state index in [1.165, 1.54) is 24.3 Å². The largest absolute Gasteiger partial charge is 0.329 e. The molecule has 1 aliphatic heterocycles. The third kappa shape index (κ3) is 3.23. The number of nitrogens with two attached hydrogens (primary N) is 1. The number of imide groups is 1. The predicted molar refractivity (Wildman–Crippen MR) is 79.8 cm³/mol. The fraction of sp³-hybridized carbons (Fsp3) is 0.167. The van der Waals surface area contributed by atoms with Crippen molar-refractivity contribution in [1.82, 2.24) is 4.90 Å². The summed E-state index contributed by atoms with van der Waals surface area (Å²) in [6, 6.07) is 4.15. The molecule has 0 aromatic heterocycles. The van der Waals surface area contributed by atoms with Gasteiger partial charge < -0.3 is 5.73 Å². The Morgan fingerprint density at radius 2 is 2.14 bits per heavy atom. The highest BCUT2D eigenvalue weighted by molar-refractivity contribution is 8.18. The lowest BCUT2D eigenvalue weighted by molar-refractivity contribution is -0.384. The van der Waals surface area contributed by atoms with Crippen molar-refractivity contribution in [2.75, 3.05) is 13.1 Å². The number of rotatable bonds is 4.